The molecule has 0 heterocycles. The van der Waals surface area contributed by atoms with Gasteiger partial charge in [-0.1, -0.05) is 54.8 Å². The van der Waals surface area contributed by atoms with Gasteiger partial charge in [-0.25, -0.2) is 0 Å². The van der Waals surface area contributed by atoms with Crippen molar-refractivity contribution in [3.05, 3.63) is 34.3 Å². The lowest BCUT2D eigenvalue weighted by atomic mass is 9.77. The molecule has 1 N–H and O–H groups in total. The molecule has 1 aromatic carbocycles. The minimum atomic E-state index is 0.484. The van der Waals surface area contributed by atoms with Crippen molar-refractivity contribution in [3.8, 4) is 0 Å². The molecule has 106 valence electrons. The SMILES string of the molecule is CCCNC(Cc1cccc(Br)c1)C1(C)CCCC1. The molecule has 1 nitrogen and oxygen atoms in total. The number of halogens is 1. The molecule has 1 fully saturated rings. The molecule has 0 spiro atoms. The van der Waals surface area contributed by atoms with Crippen LogP contribution in [0.15, 0.2) is 28.7 Å². The first kappa shape index (κ1) is 15.1. The van der Waals surface area contributed by atoms with Crippen molar-refractivity contribution in [1.29, 1.82) is 0 Å². The maximum Gasteiger partial charge on any atom is 0.0178 e. The highest BCUT2D eigenvalue weighted by atomic mass is 79.9. The number of benzene rings is 1. The van der Waals surface area contributed by atoms with Gasteiger partial charge in [-0.3, -0.25) is 0 Å². The van der Waals surface area contributed by atoms with Crippen LogP contribution in [-0.4, -0.2) is 12.6 Å². The third-order valence-electron chi connectivity index (χ3n) is 4.56. The van der Waals surface area contributed by atoms with Gasteiger partial charge < -0.3 is 5.32 Å². The van der Waals surface area contributed by atoms with E-state index < -0.39 is 0 Å². The first-order chi connectivity index (χ1) is 9.14. The number of hydrogen-bond donors (Lipinski definition) is 1. The second-order valence-corrected chi connectivity index (χ2v) is 7.12. The third-order valence-corrected chi connectivity index (χ3v) is 5.05. The summed E-state index contributed by atoms with van der Waals surface area (Å²) in [5, 5.41) is 3.80. The molecule has 19 heavy (non-hydrogen) atoms. The maximum atomic E-state index is 3.80. The molecule has 1 atom stereocenters. The van der Waals surface area contributed by atoms with Gasteiger partial charge in [0, 0.05) is 10.5 Å². The van der Waals surface area contributed by atoms with Gasteiger partial charge in [-0.2, -0.15) is 0 Å². The second-order valence-electron chi connectivity index (χ2n) is 6.20. The summed E-state index contributed by atoms with van der Waals surface area (Å²) in [6, 6.07) is 9.38. The Labute approximate surface area is 126 Å². The van der Waals surface area contributed by atoms with Crippen LogP contribution in [0.5, 0.6) is 0 Å². The number of hydrogen-bond acceptors (Lipinski definition) is 1. The lowest BCUT2D eigenvalue weighted by Gasteiger charge is -2.35. The fourth-order valence-electron chi connectivity index (χ4n) is 3.31. The molecular formula is C17H26BrN. The number of nitrogens with one attached hydrogen (secondary N) is 1. The van der Waals surface area contributed by atoms with E-state index in [1.807, 2.05) is 0 Å². The highest BCUT2D eigenvalue weighted by Crippen LogP contribution is 2.41. The molecule has 0 amide bonds. The van der Waals surface area contributed by atoms with E-state index in [4.69, 9.17) is 0 Å². The van der Waals surface area contributed by atoms with Crippen molar-refractivity contribution in [3.63, 3.8) is 0 Å². The summed E-state index contributed by atoms with van der Waals surface area (Å²) in [6.45, 7) is 5.86. The van der Waals surface area contributed by atoms with Crippen LogP contribution in [0.2, 0.25) is 0 Å². The van der Waals surface area contributed by atoms with Gasteiger partial charge in [0.15, 0.2) is 0 Å². The zero-order chi connectivity index (χ0) is 13.7. The Kier molecular flexibility index (Phi) is 5.47. The molecule has 1 aliphatic carbocycles. The van der Waals surface area contributed by atoms with E-state index >= 15 is 0 Å². The Morgan fingerprint density at radius 3 is 2.68 bits per heavy atom. The summed E-state index contributed by atoms with van der Waals surface area (Å²) in [6.07, 6.45) is 7.92. The Bertz CT molecular complexity index is 396. The smallest absolute Gasteiger partial charge is 0.0178 e. The fraction of sp³-hybridized carbons (Fsp3) is 0.647. The van der Waals surface area contributed by atoms with Crippen LogP contribution in [0.4, 0.5) is 0 Å². The van der Waals surface area contributed by atoms with Gasteiger partial charge in [0.1, 0.15) is 0 Å². The van der Waals surface area contributed by atoms with Crippen LogP contribution < -0.4 is 5.32 Å². The van der Waals surface area contributed by atoms with Crippen LogP contribution in [-0.2, 0) is 6.42 Å². The van der Waals surface area contributed by atoms with Crippen molar-refractivity contribution in [2.75, 3.05) is 6.54 Å². The minimum Gasteiger partial charge on any atom is -0.313 e. The second kappa shape index (κ2) is 6.90. The molecule has 0 saturated heterocycles. The van der Waals surface area contributed by atoms with Crippen molar-refractivity contribution in [2.24, 2.45) is 5.41 Å². The molecule has 1 unspecified atom stereocenters. The van der Waals surface area contributed by atoms with Gasteiger partial charge in [-0.15, -0.1) is 0 Å². The summed E-state index contributed by atoms with van der Waals surface area (Å²) in [4.78, 5) is 0. The van der Waals surface area contributed by atoms with Crippen molar-refractivity contribution >= 4 is 15.9 Å². The Hall–Kier alpha value is -0.340. The third kappa shape index (κ3) is 4.06. The van der Waals surface area contributed by atoms with Gasteiger partial charge in [0.2, 0.25) is 0 Å². The molecule has 1 aromatic rings. The lowest BCUT2D eigenvalue weighted by Crippen LogP contribution is -2.44. The monoisotopic (exact) mass is 323 g/mol. The lowest BCUT2D eigenvalue weighted by molar-refractivity contribution is 0.219. The quantitative estimate of drug-likeness (QED) is 0.781. The average Bonchev–Trinajstić information content (AvgIpc) is 2.82. The summed E-state index contributed by atoms with van der Waals surface area (Å²) in [5.41, 5.74) is 1.92. The minimum absolute atomic E-state index is 0.484. The van der Waals surface area contributed by atoms with Crippen molar-refractivity contribution in [1.82, 2.24) is 5.32 Å². The highest BCUT2D eigenvalue weighted by molar-refractivity contribution is 9.10. The van der Waals surface area contributed by atoms with E-state index in [1.54, 1.807) is 0 Å². The standard InChI is InChI=1S/C17H26BrN/c1-3-11-19-16(17(2)9-4-5-10-17)13-14-7-6-8-15(18)12-14/h6-8,12,16,19H,3-5,9-11,13H2,1-2H3. The van der Waals surface area contributed by atoms with Gasteiger partial charge in [0.25, 0.3) is 0 Å². The van der Waals surface area contributed by atoms with E-state index in [2.05, 4.69) is 59.4 Å². The molecule has 1 saturated carbocycles. The highest BCUT2D eigenvalue weighted by Gasteiger charge is 2.36. The summed E-state index contributed by atoms with van der Waals surface area (Å²) >= 11 is 3.58. The van der Waals surface area contributed by atoms with E-state index in [1.165, 1.54) is 42.1 Å². The Morgan fingerprint density at radius 2 is 2.05 bits per heavy atom. The largest absolute Gasteiger partial charge is 0.313 e. The van der Waals surface area contributed by atoms with E-state index in [0.717, 1.165) is 13.0 Å². The van der Waals surface area contributed by atoms with Crippen LogP contribution in [0.1, 0.15) is 51.5 Å². The Balaban J connectivity index is 2.09. The molecule has 0 radical (unpaired) electrons. The Morgan fingerprint density at radius 1 is 1.32 bits per heavy atom. The van der Waals surface area contributed by atoms with Crippen LogP contribution in [0.3, 0.4) is 0 Å². The molecular weight excluding hydrogens is 298 g/mol. The molecule has 0 aromatic heterocycles. The summed E-state index contributed by atoms with van der Waals surface area (Å²) in [5.74, 6) is 0. The van der Waals surface area contributed by atoms with E-state index in [0.29, 0.717) is 11.5 Å². The van der Waals surface area contributed by atoms with Crippen LogP contribution >= 0.6 is 15.9 Å². The van der Waals surface area contributed by atoms with E-state index in [9.17, 15) is 0 Å². The molecule has 2 rings (SSSR count). The molecule has 1 aliphatic rings. The number of rotatable bonds is 6. The van der Waals surface area contributed by atoms with Crippen LogP contribution in [0.25, 0.3) is 0 Å². The van der Waals surface area contributed by atoms with Gasteiger partial charge in [0.05, 0.1) is 0 Å². The predicted octanol–water partition coefficient (Wildman–Crippen LogP) is 4.94. The zero-order valence-electron chi connectivity index (χ0n) is 12.2. The zero-order valence-corrected chi connectivity index (χ0v) is 13.8. The molecule has 0 bridgehead atoms. The fourth-order valence-corrected chi connectivity index (χ4v) is 3.76. The normalized spacial score (nSPS) is 19.5. The van der Waals surface area contributed by atoms with E-state index in [-0.39, 0.29) is 0 Å². The van der Waals surface area contributed by atoms with Crippen LogP contribution in [0, 0.1) is 5.41 Å². The average molecular weight is 324 g/mol. The molecule has 2 heteroatoms. The summed E-state index contributed by atoms with van der Waals surface area (Å²) < 4.78 is 1.19. The van der Waals surface area contributed by atoms with Crippen molar-refractivity contribution < 1.29 is 0 Å². The summed E-state index contributed by atoms with van der Waals surface area (Å²) in [7, 11) is 0. The first-order valence-electron chi connectivity index (χ1n) is 7.62. The molecule has 0 aliphatic heterocycles. The van der Waals surface area contributed by atoms with Crippen molar-refractivity contribution in [2.45, 2.75) is 58.4 Å². The maximum absolute atomic E-state index is 3.80. The van der Waals surface area contributed by atoms with Gasteiger partial charge in [-0.05, 0) is 55.3 Å². The van der Waals surface area contributed by atoms with Gasteiger partial charge >= 0.3 is 0 Å². The first-order valence-corrected chi connectivity index (χ1v) is 8.41. The topological polar surface area (TPSA) is 12.0 Å². The predicted molar refractivity (Wildman–Crippen MR) is 86.5 cm³/mol.